The summed E-state index contributed by atoms with van der Waals surface area (Å²) in [5, 5.41) is 2.79. The molecular weight excluding hydrogens is 250 g/mol. The minimum absolute atomic E-state index is 0.101. The molecule has 3 nitrogen and oxygen atoms in total. The normalized spacial score (nSPS) is 14.3. The fourth-order valence-electron chi connectivity index (χ4n) is 1.53. The number of hydrogen-bond donors (Lipinski definition) is 2. The van der Waals surface area contributed by atoms with Gasteiger partial charge in [0, 0.05) is 13.5 Å². The van der Waals surface area contributed by atoms with E-state index < -0.39 is 17.4 Å². The summed E-state index contributed by atoms with van der Waals surface area (Å²) >= 11 is 0. The molecule has 1 aromatic rings. The maximum atomic E-state index is 13.7. The number of nitrogens with one attached hydrogen (secondary N) is 1. The highest BCUT2D eigenvalue weighted by Gasteiger charge is 2.25. The number of rotatable bonds is 6. The monoisotopic (exact) mass is 268 g/mol. The van der Waals surface area contributed by atoms with Crippen molar-refractivity contribution in [1.29, 1.82) is 0 Å². The fourth-order valence-corrected chi connectivity index (χ4v) is 1.53. The number of methoxy groups -OCH3 is 1. The lowest BCUT2D eigenvalue weighted by atomic mass is 10.1. The Bertz CT molecular complexity index is 489. The van der Waals surface area contributed by atoms with E-state index in [-0.39, 0.29) is 11.4 Å². The molecule has 104 valence electrons. The zero-order valence-electron chi connectivity index (χ0n) is 11.0. The molecule has 0 saturated heterocycles. The number of benzene rings is 1. The zero-order valence-corrected chi connectivity index (χ0v) is 11.0. The van der Waals surface area contributed by atoms with Crippen LogP contribution in [-0.2, 0) is 4.74 Å². The van der Waals surface area contributed by atoms with E-state index in [1.54, 1.807) is 25.2 Å². The number of anilines is 2. The number of allylic oxidation sites excluding steroid dienone is 2. The van der Waals surface area contributed by atoms with Gasteiger partial charge in [0.2, 0.25) is 0 Å². The molecule has 0 bridgehead atoms. The van der Waals surface area contributed by atoms with Gasteiger partial charge in [-0.25, -0.2) is 8.78 Å². The van der Waals surface area contributed by atoms with Crippen molar-refractivity contribution >= 4 is 11.4 Å². The molecule has 1 unspecified atom stereocenters. The lowest BCUT2D eigenvalue weighted by Crippen LogP contribution is -2.37. The van der Waals surface area contributed by atoms with Crippen molar-refractivity contribution in [1.82, 2.24) is 0 Å². The van der Waals surface area contributed by atoms with E-state index in [2.05, 4.69) is 11.9 Å². The smallest absolute Gasteiger partial charge is 0.184 e. The second-order valence-electron chi connectivity index (χ2n) is 4.25. The molecule has 1 atom stereocenters. The number of nitrogens with two attached hydrogens (primary N) is 1. The molecule has 0 aliphatic heterocycles. The average molecular weight is 268 g/mol. The molecule has 0 aromatic heterocycles. The second-order valence-corrected chi connectivity index (χ2v) is 4.25. The first-order valence-corrected chi connectivity index (χ1v) is 5.78. The first-order chi connectivity index (χ1) is 8.93. The van der Waals surface area contributed by atoms with Crippen LogP contribution in [0.1, 0.15) is 13.3 Å². The Morgan fingerprint density at radius 1 is 1.47 bits per heavy atom. The summed E-state index contributed by atoms with van der Waals surface area (Å²) in [5.41, 5.74) is 4.77. The van der Waals surface area contributed by atoms with Crippen LogP contribution in [0.5, 0.6) is 0 Å². The standard InChI is InChI=1S/C14H18F2N2O/c1-4-5-6-9-14(2,19-3)18-13-11(17)8-7-10(15)12(13)16/h4-8,18H,1,9,17H2,2-3H3/b6-5-. The second kappa shape index (κ2) is 6.33. The van der Waals surface area contributed by atoms with Gasteiger partial charge >= 0.3 is 0 Å². The van der Waals surface area contributed by atoms with Gasteiger partial charge < -0.3 is 15.8 Å². The lowest BCUT2D eigenvalue weighted by Gasteiger charge is -2.30. The Hall–Kier alpha value is -1.88. The molecule has 0 radical (unpaired) electrons. The van der Waals surface area contributed by atoms with Gasteiger partial charge in [0.1, 0.15) is 5.72 Å². The van der Waals surface area contributed by atoms with Crippen LogP contribution in [0.2, 0.25) is 0 Å². The Morgan fingerprint density at radius 2 is 2.16 bits per heavy atom. The first kappa shape index (κ1) is 15.2. The average Bonchev–Trinajstić information content (AvgIpc) is 2.40. The molecule has 0 saturated carbocycles. The van der Waals surface area contributed by atoms with Crippen LogP contribution in [-0.4, -0.2) is 12.8 Å². The number of hydrogen-bond acceptors (Lipinski definition) is 3. The van der Waals surface area contributed by atoms with Gasteiger partial charge in [-0.05, 0) is 19.1 Å². The van der Waals surface area contributed by atoms with E-state index in [0.29, 0.717) is 6.42 Å². The van der Waals surface area contributed by atoms with Crippen LogP contribution < -0.4 is 11.1 Å². The van der Waals surface area contributed by atoms with Crippen molar-refractivity contribution in [2.45, 2.75) is 19.1 Å². The first-order valence-electron chi connectivity index (χ1n) is 5.78. The molecule has 3 N–H and O–H groups in total. The van der Waals surface area contributed by atoms with Crippen LogP contribution >= 0.6 is 0 Å². The topological polar surface area (TPSA) is 47.3 Å². The summed E-state index contributed by atoms with van der Waals surface area (Å²) in [6.07, 6.45) is 5.60. The Balaban J connectivity index is 3.01. The van der Waals surface area contributed by atoms with Gasteiger partial charge in [-0.2, -0.15) is 0 Å². The lowest BCUT2D eigenvalue weighted by molar-refractivity contribution is 0.0335. The minimum Gasteiger partial charge on any atom is -0.397 e. The number of ether oxygens (including phenoxy) is 1. The van der Waals surface area contributed by atoms with Crippen LogP contribution in [0, 0.1) is 11.6 Å². The molecule has 0 aliphatic rings. The Morgan fingerprint density at radius 3 is 2.74 bits per heavy atom. The summed E-state index contributed by atoms with van der Waals surface area (Å²) in [7, 11) is 1.47. The number of nitrogen functional groups attached to an aromatic ring is 1. The zero-order chi connectivity index (χ0) is 14.5. The third-order valence-corrected chi connectivity index (χ3v) is 2.75. The van der Waals surface area contributed by atoms with E-state index in [0.717, 1.165) is 6.07 Å². The summed E-state index contributed by atoms with van der Waals surface area (Å²) in [6, 6.07) is 2.29. The maximum Gasteiger partial charge on any atom is 0.184 e. The SMILES string of the molecule is C=C/C=C\CC(C)(Nc1c(N)ccc(F)c1F)OC. The van der Waals surface area contributed by atoms with Gasteiger partial charge in [-0.1, -0.05) is 24.8 Å². The van der Waals surface area contributed by atoms with E-state index in [1.807, 2.05) is 0 Å². The van der Waals surface area contributed by atoms with Gasteiger partial charge in [0.25, 0.3) is 0 Å². The highest BCUT2D eigenvalue weighted by molar-refractivity contribution is 5.67. The quantitative estimate of drug-likeness (QED) is 0.472. The molecule has 5 heteroatoms. The molecule has 1 rings (SSSR count). The van der Waals surface area contributed by atoms with Crippen LogP contribution in [0.3, 0.4) is 0 Å². The largest absolute Gasteiger partial charge is 0.397 e. The van der Waals surface area contributed by atoms with E-state index >= 15 is 0 Å². The molecule has 0 fully saturated rings. The fraction of sp³-hybridized carbons (Fsp3) is 0.286. The van der Waals surface area contributed by atoms with Gasteiger partial charge in [-0.3, -0.25) is 0 Å². The van der Waals surface area contributed by atoms with E-state index in [1.165, 1.54) is 13.2 Å². The van der Waals surface area contributed by atoms with Crippen molar-refractivity contribution in [3.63, 3.8) is 0 Å². The number of halogens is 2. The van der Waals surface area contributed by atoms with Crippen molar-refractivity contribution in [2.75, 3.05) is 18.2 Å². The molecule has 0 spiro atoms. The summed E-state index contributed by atoms with van der Waals surface area (Å²) in [4.78, 5) is 0. The molecular formula is C14H18F2N2O. The van der Waals surface area contributed by atoms with Crippen molar-refractivity contribution in [3.05, 3.63) is 48.6 Å². The van der Waals surface area contributed by atoms with Gasteiger partial charge in [0.05, 0.1) is 11.4 Å². The predicted octanol–water partition coefficient (Wildman–Crippen LogP) is 3.45. The predicted molar refractivity (Wildman–Crippen MR) is 73.8 cm³/mol. The summed E-state index contributed by atoms with van der Waals surface area (Å²) < 4.78 is 32.2. The van der Waals surface area contributed by atoms with Crippen LogP contribution in [0.25, 0.3) is 0 Å². The van der Waals surface area contributed by atoms with Crippen molar-refractivity contribution in [2.24, 2.45) is 0 Å². The molecule has 0 heterocycles. The third kappa shape index (κ3) is 3.79. The van der Waals surface area contributed by atoms with Crippen molar-refractivity contribution in [3.8, 4) is 0 Å². The minimum atomic E-state index is -1.02. The third-order valence-electron chi connectivity index (χ3n) is 2.75. The molecule has 0 amide bonds. The van der Waals surface area contributed by atoms with Crippen LogP contribution in [0.4, 0.5) is 20.2 Å². The Kier molecular flexibility index (Phi) is 5.06. The van der Waals surface area contributed by atoms with E-state index in [4.69, 9.17) is 10.5 Å². The van der Waals surface area contributed by atoms with Gasteiger partial charge in [-0.15, -0.1) is 0 Å². The van der Waals surface area contributed by atoms with Crippen molar-refractivity contribution < 1.29 is 13.5 Å². The molecule has 1 aromatic carbocycles. The summed E-state index contributed by atoms with van der Waals surface area (Å²) in [6.45, 7) is 5.26. The van der Waals surface area contributed by atoms with E-state index in [9.17, 15) is 8.78 Å². The molecule has 19 heavy (non-hydrogen) atoms. The maximum absolute atomic E-state index is 13.7. The Labute approximate surface area is 111 Å². The van der Waals surface area contributed by atoms with Gasteiger partial charge in [0.15, 0.2) is 11.6 Å². The van der Waals surface area contributed by atoms with Crippen LogP contribution in [0.15, 0.2) is 36.9 Å². The highest BCUT2D eigenvalue weighted by atomic mass is 19.2. The highest BCUT2D eigenvalue weighted by Crippen LogP contribution is 2.29. The summed E-state index contributed by atoms with van der Waals surface area (Å²) in [5.74, 6) is -1.98. The molecule has 0 aliphatic carbocycles.